The Morgan fingerprint density at radius 2 is 1.43 bits per heavy atom. The number of nitrogens with zero attached hydrogens (tertiary/aromatic N) is 2. The normalized spacial score (nSPS) is 18.0. The van der Waals surface area contributed by atoms with E-state index in [4.69, 9.17) is 14.5 Å². The Bertz CT molecular complexity index is 1640. The number of aromatic carboxylic acids is 1. The van der Waals surface area contributed by atoms with Gasteiger partial charge in [0.1, 0.15) is 11.5 Å². The average Bonchev–Trinajstić information content (AvgIpc) is 3.01. The Morgan fingerprint density at radius 3 is 2.02 bits per heavy atom. The van der Waals surface area contributed by atoms with Crippen LogP contribution in [0.2, 0.25) is 0 Å². The van der Waals surface area contributed by atoms with Crippen LogP contribution in [0.1, 0.15) is 53.2 Å². The van der Waals surface area contributed by atoms with Gasteiger partial charge in [0, 0.05) is 34.7 Å². The Hall–Kier alpha value is -4.42. The third kappa shape index (κ3) is 5.19. The molecule has 0 aromatic heterocycles. The summed E-state index contributed by atoms with van der Waals surface area (Å²) in [6.07, 6.45) is 0.969. The molecule has 4 aromatic carbocycles. The molecule has 0 aliphatic carbocycles. The fraction of sp³-hybridized carbons (Fsp3) is 0.278. The molecular weight excluding hydrogens is 524 g/mol. The lowest BCUT2D eigenvalue weighted by Crippen LogP contribution is -2.41. The van der Waals surface area contributed by atoms with Gasteiger partial charge in [0.25, 0.3) is 0 Å². The zero-order valence-corrected chi connectivity index (χ0v) is 24.3. The molecule has 0 spiro atoms. The van der Waals surface area contributed by atoms with E-state index in [1.54, 1.807) is 12.1 Å². The van der Waals surface area contributed by atoms with Crippen molar-refractivity contribution in [2.24, 2.45) is 4.99 Å². The molecule has 2 aliphatic rings. The zero-order chi connectivity index (χ0) is 29.2. The van der Waals surface area contributed by atoms with Crippen LogP contribution in [-0.4, -0.2) is 61.1 Å². The van der Waals surface area contributed by atoms with E-state index in [9.17, 15) is 9.90 Å². The number of benzene rings is 4. The Balaban J connectivity index is 1.63. The van der Waals surface area contributed by atoms with Crippen LogP contribution in [0.4, 0.5) is 0 Å². The predicted octanol–water partition coefficient (Wildman–Crippen LogP) is 7.15. The number of hydrogen-bond acceptors (Lipinski definition) is 5. The van der Waals surface area contributed by atoms with Gasteiger partial charge >= 0.3 is 5.97 Å². The van der Waals surface area contributed by atoms with Crippen LogP contribution < -0.4 is 9.47 Å². The third-order valence-corrected chi connectivity index (χ3v) is 8.28. The molecule has 4 aromatic rings. The first-order valence-electron chi connectivity index (χ1n) is 14.7. The molecule has 2 aliphatic heterocycles. The summed E-state index contributed by atoms with van der Waals surface area (Å²) in [5.74, 6) is 0.983. The molecule has 214 valence electrons. The second-order valence-corrected chi connectivity index (χ2v) is 10.9. The maximum Gasteiger partial charge on any atom is 0.335 e. The highest BCUT2D eigenvalue weighted by atomic mass is 16.5. The molecule has 0 bridgehead atoms. The first-order chi connectivity index (χ1) is 20.5. The molecular formula is C36H36N2O4. The Labute approximate surface area is 247 Å². The number of hydrogen-bond donors (Lipinski definition) is 1. The number of fused-ring (bicyclic) bond motifs is 3. The van der Waals surface area contributed by atoms with Crippen LogP contribution in [-0.2, 0) is 0 Å². The lowest BCUT2D eigenvalue weighted by Gasteiger charge is -2.40. The number of carboxylic acids is 1. The summed E-state index contributed by atoms with van der Waals surface area (Å²) in [7, 11) is 2.18. The van der Waals surface area contributed by atoms with Crippen LogP contribution in [0.5, 0.6) is 11.5 Å². The van der Waals surface area contributed by atoms with Crippen LogP contribution >= 0.6 is 0 Å². The number of carbonyl (C=O) groups is 1. The summed E-state index contributed by atoms with van der Waals surface area (Å²) in [6.45, 7) is 7.06. The van der Waals surface area contributed by atoms with Gasteiger partial charge in [0.15, 0.2) is 0 Å². The van der Waals surface area contributed by atoms with Crippen molar-refractivity contribution in [2.75, 3.05) is 33.4 Å². The fourth-order valence-electron chi connectivity index (χ4n) is 6.31. The summed E-state index contributed by atoms with van der Waals surface area (Å²) in [5.41, 5.74) is 8.62. The standard InChI is InChI=1S/C36H36N2O4/c1-4-41-33-12-8-6-10-25(33)27-20-29-30(21-28(27)26-11-7-9-13-34(26)42-5-2)35(23-14-16-24(17-15-23)36(39)40)37-32-18-19-38(3)22-31(29)32/h6-17,20-21,31-32H,4-5,18-19,22H2,1-3H3,(H,39,40)/t31-,32-/m1/s1. The lowest BCUT2D eigenvalue weighted by molar-refractivity contribution is 0.0697. The van der Waals surface area contributed by atoms with Gasteiger partial charge in [0.2, 0.25) is 0 Å². The summed E-state index contributed by atoms with van der Waals surface area (Å²) in [6, 6.07) is 28.3. The average molecular weight is 561 g/mol. The van der Waals surface area contributed by atoms with E-state index in [1.807, 2.05) is 56.3 Å². The van der Waals surface area contributed by atoms with Crippen molar-refractivity contribution in [3.05, 3.63) is 107 Å². The van der Waals surface area contributed by atoms with Crippen LogP contribution in [0.25, 0.3) is 22.3 Å². The van der Waals surface area contributed by atoms with Crippen molar-refractivity contribution < 1.29 is 19.4 Å². The van der Waals surface area contributed by atoms with Crippen LogP contribution in [0.15, 0.2) is 89.9 Å². The van der Waals surface area contributed by atoms with Gasteiger partial charge in [-0.25, -0.2) is 4.79 Å². The molecule has 6 heteroatoms. The molecule has 0 unspecified atom stereocenters. The second-order valence-electron chi connectivity index (χ2n) is 10.9. The molecule has 0 radical (unpaired) electrons. The second kappa shape index (κ2) is 11.8. The van der Waals surface area contributed by atoms with Gasteiger partial charge in [-0.2, -0.15) is 0 Å². The lowest BCUT2D eigenvalue weighted by atomic mass is 9.76. The zero-order valence-electron chi connectivity index (χ0n) is 24.3. The predicted molar refractivity (Wildman–Crippen MR) is 167 cm³/mol. The maximum atomic E-state index is 11.6. The molecule has 42 heavy (non-hydrogen) atoms. The van der Waals surface area contributed by atoms with E-state index in [0.29, 0.717) is 13.2 Å². The molecule has 1 N–H and O–H groups in total. The number of likely N-dealkylation sites (tertiary alicyclic amines) is 1. The highest BCUT2D eigenvalue weighted by molar-refractivity contribution is 6.16. The molecule has 1 saturated heterocycles. The van der Waals surface area contributed by atoms with Gasteiger partial charge in [-0.05, 0) is 86.9 Å². The molecule has 2 heterocycles. The minimum Gasteiger partial charge on any atom is -0.493 e. The van der Waals surface area contributed by atoms with Gasteiger partial charge in [-0.3, -0.25) is 4.99 Å². The van der Waals surface area contributed by atoms with Crippen LogP contribution in [0.3, 0.4) is 0 Å². The van der Waals surface area contributed by atoms with E-state index in [-0.39, 0.29) is 17.5 Å². The minimum absolute atomic E-state index is 0.152. The van der Waals surface area contributed by atoms with Gasteiger partial charge < -0.3 is 19.5 Å². The Morgan fingerprint density at radius 1 is 0.833 bits per heavy atom. The smallest absolute Gasteiger partial charge is 0.335 e. The van der Waals surface area contributed by atoms with E-state index >= 15 is 0 Å². The highest BCUT2D eigenvalue weighted by Gasteiger charge is 2.36. The van der Waals surface area contributed by atoms with Crippen molar-refractivity contribution in [2.45, 2.75) is 32.2 Å². The van der Waals surface area contributed by atoms with Crippen LogP contribution in [0, 0.1) is 0 Å². The quantitative estimate of drug-likeness (QED) is 0.248. The molecule has 0 amide bonds. The first kappa shape index (κ1) is 27.7. The molecule has 0 saturated carbocycles. The fourth-order valence-corrected chi connectivity index (χ4v) is 6.31. The summed E-state index contributed by atoms with van der Waals surface area (Å²) >= 11 is 0. The number of ether oxygens (including phenoxy) is 2. The van der Waals surface area contributed by atoms with Gasteiger partial charge in [-0.15, -0.1) is 0 Å². The van der Waals surface area contributed by atoms with Crippen molar-refractivity contribution >= 4 is 11.7 Å². The van der Waals surface area contributed by atoms with Crippen molar-refractivity contribution in [1.82, 2.24) is 4.90 Å². The number of aliphatic imine (C=N–C) groups is 1. The van der Waals surface area contributed by atoms with E-state index < -0.39 is 5.97 Å². The number of likely N-dealkylation sites (N-methyl/N-ethyl adjacent to an activating group) is 1. The van der Waals surface area contributed by atoms with Crippen molar-refractivity contribution in [3.63, 3.8) is 0 Å². The van der Waals surface area contributed by atoms with E-state index in [2.05, 4.69) is 42.3 Å². The topological polar surface area (TPSA) is 71.4 Å². The SMILES string of the molecule is CCOc1ccccc1-c1cc2c(cc1-c1ccccc1OCC)[C@H]1CN(C)CC[C@H]1N=C2c1ccc(C(=O)O)cc1. The summed E-state index contributed by atoms with van der Waals surface area (Å²) < 4.78 is 12.3. The number of para-hydroxylation sites is 2. The molecule has 6 nitrogen and oxygen atoms in total. The molecule has 6 rings (SSSR count). The van der Waals surface area contributed by atoms with E-state index in [1.165, 1.54) is 5.56 Å². The van der Waals surface area contributed by atoms with Crippen molar-refractivity contribution in [3.8, 4) is 33.8 Å². The monoisotopic (exact) mass is 560 g/mol. The summed E-state index contributed by atoms with van der Waals surface area (Å²) in [4.78, 5) is 19.3. The number of piperidine rings is 1. The first-order valence-corrected chi connectivity index (χ1v) is 14.7. The minimum atomic E-state index is -0.935. The third-order valence-electron chi connectivity index (χ3n) is 8.28. The largest absolute Gasteiger partial charge is 0.493 e. The van der Waals surface area contributed by atoms with E-state index in [0.717, 1.165) is 70.1 Å². The van der Waals surface area contributed by atoms with Crippen molar-refractivity contribution in [1.29, 1.82) is 0 Å². The van der Waals surface area contributed by atoms with Gasteiger partial charge in [0.05, 0.1) is 30.5 Å². The highest BCUT2D eigenvalue weighted by Crippen LogP contribution is 2.46. The van der Waals surface area contributed by atoms with Gasteiger partial charge in [-0.1, -0.05) is 48.5 Å². The molecule has 2 atom stereocenters. The maximum absolute atomic E-state index is 11.6. The summed E-state index contributed by atoms with van der Waals surface area (Å²) in [5, 5.41) is 9.50. The number of rotatable bonds is 8. The molecule has 1 fully saturated rings. The number of carboxylic acid groups (broad SMARTS) is 1. The Kier molecular flexibility index (Phi) is 7.81.